The van der Waals surface area contributed by atoms with Crippen LogP contribution in [0, 0.1) is 0 Å². The maximum Gasteiger partial charge on any atom is 0.173 e. The molecule has 0 saturated carbocycles. The Balaban J connectivity index is 1.96. The first-order valence-corrected chi connectivity index (χ1v) is 6.32. The van der Waals surface area contributed by atoms with E-state index in [1.807, 2.05) is 30.3 Å². The molecule has 0 aromatic heterocycles. The van der Waals surface area contributed by atoms with E-state index in [0.717, 1.165) is 23.9 Å². The van der Waals surface area contributed by atoms with Crippen LogP contribution in [-0.4, -0.2) is 35.3 Å². The maximum atomic E-state index is 5.69. The number of thiocarbonyl (C=S) groups is 1. The summed E-state index contributed by atoms with van der Waals surface area (Å²) in [6.45, 7) is 5.85. The fourth-order valence-corrected chi connectivity index (χ4v) is 2.33. The van der Waals surface area contributed by atoms with Gasteiger partial charge in [-0.25, -0.2) is 0 Å². The molecule has 3 nitrogen and oxygen atoms in total. The fraction of sp³-hybridized carbons (Fsp3) is 0.462. The molecule has 1 aromatic rings. The lowest BCUT2D eigenvalue weighted by Gasteiger charge is -2.36. The van der Waals surface area contributed by atoms with E-state index < -0.39 is 0 Å². The van der Waals surface area contributed by atoms with Crippen molar-refractivity contribution in [3.8, 4) is 0 Å². The Hall–Kier alpha value is -1.13. The molecule has 1 fully saturated rings. The highest BCUT2D eigenvalue weighted by molar-refractivity contribution is 7.80. The molecule has 0 bridgehead atoms. The molecule has 92 valence electrons. The van der Waals surface area contributed by atoms with Gasteiger partial charge in [-0.1, -0.05) is 18.2 Å². The Morgan fingerprint density at radius 1 is 1.24 bits per heavy atom. The summed E-state index contributed by atoms with van der Waals surface area (Å²) in [5, 5.41) is 4.03. The van der Waals surface area contributed by atoms with Crippen LogP contribution in [-0.2, 0) is 4.74 Å². The van der Waals surface area contributed by atoms with Gasteiger partial charge in [-0.3, -0.25) is 0 Å². The predicted octanol–water partition coefficient (Wildman–Crippen LogP) is 2.49. The summed E-state index contributed by atoms with van der Waals surface area (Å²) in [6, 6.07) is 10.0. The van der Waals surface area contributed by atoms with E-state index in [9.17, 15) is 0 Å². The van der Waals surface area contributed by atoms with E-state index >= 15 is 0 Å². The van der Waals surface area contributed by atoms with Crippen LogP contribution in [0.5, 0.6) is 0 Å². The largest absolute Gasteiger partial charge is 0.372 e. The summed E-state index contributed by atoms with van der Waals surface area (Å²) in [5.74, 6) is 0. The maximum absolute atomic E-state index is 5.69. The smallest absolute Gasteiger partial charge is 0.173 e. The highest BCUT2D eigenvalue weighted by Crippen LogP contribution is 2.13. The highest BCUT2D eigenvalue weighted by atomic mass is 32.1. The minimum atomic E-state index is 0.231. The molecule has 0 aliphatic carbocycles. The normalized spacial score (nSPS) is 24.5. The van der Waals surface area contributed by atoms with Crippen molar-refractivity contribution in [2.24, 2.45) is 0 Å². The van der Waals surface area contributed by atoms with Crippen LogP contribution in [0.2, 0.25) is 0 Å². The number of nitrogens with one attached hydrogen (secondary N) is 1. The van der Waals surface area contributed by atoms with Gasteiger partial charge in [0.15, 0.2) is 5.11 Å². The molecule has 17 heavy (non-hydrogen) atoms. The third-order valence-electron chi connectivity index (χ3n) is 2.73. The molecule has 0 amide bonds. The van der Waals surface area contributed by atoms with Crippen LogP contribution in [0.3, 0.4) is 0 Å². The third kappa shape index (κ3) is 3.41. The molecule has 1 saturated heterocycles. The first-order valence-electron chi connectivity index (χ1n) is 5.91. The van der Waals surface area contributed by atoms with Crippen molar-refractivity contribution in [2.75, 3.05) is 18.4 Å². The molecule has 1 N–H and O–H groups in total. The number of para-hydroxylation sites is 1. The average Bonchev–Trinajstić information content (AvgIpc) is 2.29. The van der Waals surface area contributed by atoms with Gasteiger partial charge < -0.3 is 15.0 Å². The summed E-state index contributed by atoms with van der Waals surface area (Å²) in [5.41, 5.74) is 1.03. The first-order chi connectivity index (χ1) is 8.15. The first kappa shape index (κ1) is 12.3. The zero-order chi connectivity index (χ0) is 12.3. The van der Waals surface area contributed by atoms with Gasteiger partial charge in [-0.15, -0.1) is 0 Å². The van der Waals surface area contributed by atoms with E-state index in [4.69, 9.17) is 17.0 Å². The number of rotatable bonds is 1. The Labute approximate surface area is 108 Å². The number of ether oxygens (including phenoxy) is 1. The van der Waals surface area contributed by atoms with Crippen LogP contribution in [0.1, 0.15) is 13.8 Å². The van der Waals surface area contributed by atoms with Crippen molar-refractivity contribution >= 4 is 23.0 Å². The molecule has 1 aromatic carbocycles. The molecule has 0 radical (unpaired) electrons. The zero-order valence-corrected chi connectivity index (χ0v) is 11.0. The van der Waals surface area contributed by atoms with E-state index in [0.29, 0.717) is 0 Å². The fourth-order valence-electron chi connectivity index (χ4n) is 2.07. The second-order valence-corrected chi connectivity index (χ2v) is 4.85. The predicted molar refractivity (Wildman–Crippen MR) is 74.2 cm³/mol. The summed E-state index contributed by atoms with van der Waals surface area (Å²) in [6.07, 6.45) is 0.462. The van der Waals surface area contributed by atoms with E-state index in [2.05, 4.69) is 24.1 Å². The minimum Gasteiger partial charge on any atom is -0.372 e. The number of hydrogen-bond donors (Lipinski definition) is 1. The number of morpholine rings is 1. The van der Waals surface area contributed by atoms with Gasteiger partial charge in [0.1, 0.15) is 0 Å². The molecule has 1 aliphatic heterocycles. The summed E-state index contributed by atoms with van der Waals surface area (Å²) >= 11 is 5.42. The Bertz CT molecular complexity index is 372. The molecular weight excluding hydrogens is 232 g/mol. The molecule has 0 unspecified atom stereocenters. The van der Waals surface area contributed by atoms with E-state index in [-0.39, 0.29) is 12.2 Å². The lowest BCUT2D eigenvalue weighted by atomic mass is 10.2. The van der Waals surface area contributed by atoms with Gasteiger partial charge in [0, 0.05) is 18.8 Å². The van der Waals surface area contributed by atoms with Gasteiger partial charge in [-0.05, 0) is 38.2 Å². The third-order valence-corrected chi connectivity index (χ3v) is 3.09. The molecular formula is C13H18N2OS. The van der Waals surface area contributed by atoms with E-state index in [1.165, 1.54) is 0 Å². The van der Waals surface area contributed by atoms with E-state index in [1.54, 1.807) is 0 Å². The van der Waals surface area contributed by atoms with Crippen LogP contribution in [0.4, 0.5) is 5.69 Å². The molecule has 0 spiro atoms. The summed E-state index contributed by atoms with van der Waals surface area (Å²) in [4.78, 5) is 2.17. The minimum absolute atomic E-state index is 0.231. The molecule has 1 aliphatic rings. The van der Waals surface area contributed by atoms with Crippen LogP contribution >= 0.6 is 12.2 Å². The second kappa shape index (κ2) is 5.47. The van der Waals surface area contributed by atoms with Crippen molar-refractivity contribution in [3.63, 3.8) is 0 Å². The van der Waals surface area contributed by atoms with Crippen molar-refractivity contribution in [2.45, 2.75) is 26.1 Å². The van der Waals surface area contributed by atoms with Gasteiger partial charge >= 0.3 is 0 Å². The Morgan fingerprint density at radius 2 is 1.82 bits per heavy atom. The topological polar surface area (TPSA) is 24.5 Å². The molecule has 2 rings (SSSR count). The number of hydrogen-bond acceptors (Lipinski definition) is 2. The van der Waals surface area contributed by atoms with Gasteiger partial charge in [0.05, 0.1) is 12.2 Å². The molecule has 1 heterocycles. The number of anilines is 1. The van der Waals surface area contributed by atoms with Crippen molar-refractivity contribution in [3.05, 3.63) is 30.3 Å². The standard InChI is InChI=1S/C13H18N2OS/c1-10-8-15(9-11(2)16-10)13(17)14-12-6-4-3-5-7-12/h3-7,10-11H,8-9H2,1-2H3,(H,14,17)/t10-,11+. The summed E-state index contributed by atoms with van der Waals surface area (Å²) < 4.78 is 5.69. The summed E-state index contributed by atoms with van der Waals surface area (Å²) in [7, 11) is 0. The lowest BCUT2D eigenvalue weighted by Crippen LogP contribution is -2.49. The van der Waals surface area contributed by atoms with Crippen molar-refractivity contribution in [1.29, 1.82) is 0 Å². The molecule has 2 atom stereocenters. The second-order valence-electron chi connectivity index (χ2n) is 4.46. The quantitative estimate of drug-likeness (QED) is 0.774. The lowest BCUT2D eigenvalue weighted by molar-refractivity contribution is -0.0473. The monoisotopic (exact) mass is 250 g/mol. The number of nitrogens with zero attached hydrogens (tertiary/aromatic N) is 1. The average molecular weight is 250 g/mol. The Kier molecular flexibility index (Phi) is 3.97. The van der Waals surface area contributed by atoms with Crippen molar-refractivity contribution in [1.82, 2.24) is 4.90 Å². The number of benzene rings is 1. The van der Waals surface area contributed by atoms with Gasteiger partial charge in [0.25, 0.3) is 0 Å². The zero-order valence-electron chi connectivity index (χ0n) is 10.2. The van der Waals surface area contributed by atoms with Crippen LogP contribution in [0.25, 0.3) is 0 Å². The van der Waals surface area contributed by atoms with Crippen molar-refractivity contribution < 1.29 is 4.74 Å². The SMILES string of the molecule is C[C@@H]1CN(C(=S)Nc2ccccc2)C[C@H](C)O1. The van der Waals surface area contributed by atoms with Gasteiger partial charge in [0.2, 0.25) is 0 Å². The Morgan fingerprint density at radius 3 is 2.41 bits per heavy atom. The van der Waals surface area contributed by atoms with Crippen LogP contribution in [0.15, 0.2) is 30.3 Å². The highest BCUT2D eigenvalue weighted by Gasteiger charge is 2.23. The molecule has 4 heteroatoms. The van der Waals surface area contributed by atoms with Gasteiger partial charge in [-0.2, -0.15) is 0 Å². The van der Waals surface area contributed by atoms with Crippen LogP contribution < -0.4 is 5.32 Å².